The highest BCUT2D eigenvalue weighted by Gasteiger charge is 2.68. The molecule has 0 spiro atoms. The van der Waals surface area contributed by atoms with Gasteiger partial charge in [-0.05, 0) is 85.1 Å². The Balaban J connectivity index is 1.31. The average Bonchev–Trinajstić information content (AvgIpc) is 3.34. The number of hydrazine groups is 1. The van der Waals surface area contributed by atoms with Crippen LogP contribution in [0.4, 0.5) is 0 Å². The second-order valence-electron chi connectivity index (χ2n) is 13.9. The van der Waals surface area contributed by atoms with E-state index < -0.39 is 29.7 Å². The molecule has 12 nitrogen and oxygen atoms in total. The highest BCUT2D eigenvalue weighted by atomic mass is 16.7. The van der Waals surface area contributed by atoms with Gasteiger partial charge in [-0.25, -0.2) is 15.1 Å². The van der Waals surface area contributed by atoms with E-state index in [0.717, 1.165) is 23.6 Å². The van der Waals surface area contributed by atoms with Gasteiger partial charge in [0.25, 0.3) is 11.9 Å². The number of fused-ring (bicyclic) bond motifs is 1. The number of guanidine groups is 1. The summed E-state index contributed by atoms with van der Waals surface area (Å²) in [5, 5.41) is 17.8. The van der Waals surface area contributed by atoms with Gasteiger partial charge in [-0.2, -0.15) is 0 Å². The molecule has 4 aliphatic rings. The van der Waals surface area contributed by atoms with Gasteiger partial charge in [-0.1, -0.05) is 63.5 Å². The molecule has 3 saturated carbocycles. The van der Waals surface area contributed by atoms with Crippen molar-refractivity contribution in [3.05, 3.63) is 58.1 Å². The number of carbonyl (C=O) groups is 2. The molecule has 2 aromatic rings. The van der Waals surface area contributed by atoms with Crippen LogP contribution in [0.3, 0.4) is 0 Å². The summed E-state index contributed by atoms with van der Waals surface area (Å²) in [4.78, 5) is 41.9. The maximum Gasteiger partial charge on any atom is 0.481 e. The van der Waals surface area contributed by atoms with E-state index in [-0.39, 0.29) is 48.2 Å². The lowest BCUT2D eigenvalue weighted by atomic mass is 9.43. The van der Waals surface area contributed by atoms with E-state index in [9.17, 15) is 19.7 Å². The number of hydrogen-bond donors (Lipinski definition) is 4. The van der Waals surface area contributed by atoms with E-state index in [1.165, 1.54) is 0 Å². The predicted molar refractivity (Wildman–Crippen MR) is 173 cm³/mol. The first kappa shape index (κ1) is 32.7. The maximum absolute atomic E-state index is 13.9. The van der Waals surface area contributed by atoms with Gasteiger partial charge in [0.1, 0.15) is 6.04 Å². The van der Waals surface area contributed by atoms with E-state index in [4.69, 9.17) is 15.0 Å². The Kier molecular flexibility index (Phi) is 9.41. The number of carbonyl (C=O) groups excluding carboxylic acids is 2. The minimum atomic E-state index is -0.899. The Bertz CT molecular complexity index is 1470. The summed E-state index contributed by atoms with van der Waals surface area (Å²) in [6.45, 7) is 11.1. The van der Waals surface area contributed by atoms with Crippen LogP contribution < -0.4 is 21.8 Å². The average molecular weight is 621 g/mol. The molecule has 1 heterocycles. The molecular formula is C32H45BN6O6. The second kappa shape index (κ2) is 13.0. The second-order valence-corrected chi connectivity index (χ2v) is 13.9. The summed E-state index contributed by atoms with van der Waals surface area (Å²) in [5.41, 5.74) is 7.57. The minimum absolute atomic E-state index is 0.0228. The lowest BCUT2D eigenvalue weighted by molar-refractivity contribution is -0.525. The first-order valence-electron chi connectivity index (χ1n) is 15.9. The zero-order valence-electron chi connectivity index (χ0n) is 26.7. The summed E-state index contributed by atoms with van der Waals surface area (Å²) in [5.74, 6) is -0.239. The Morgan fingerprint density at radius 1 is 1.13 bits per heavy atom. The fourth-order valence-corrected chi connectivity index (χ4v) is 7.57. The lowest BCUT2D eigenvalue weighted by Gasteiger charge is -2.64. The van der Waals surface area contributed by atoms with E-state index in [2.05, 4.69) is 50.2 Å². The Morgan fingerprint density at radius 2 is 1.87 bits per heavy atom. The molecule has 2 amide bonds. The number of rotatable bonds is 12. The van der Waals surface area contributed by atoms with E-state index in [0.29, 0.717) is 30.2 Å². The van der Waals surface area contributed by atoms with Gasteiger partial charge in [0.05, 0.1) is 17.6 Å². The van der Waals surface area contributed by atoms with Gasteiger partial charge < -0.3 is 25.7 Å². The van der Waals surface area contributed by atoms with Gasteiger partial charge in [0.15, 0.2) is 5.03 Å². The highest BCUT2D eigenvalue weighted by molar-refractivity contribution is 6.48. The quantitative estimate of drug-likeness (QED) is 0.0697. The summed E-state index contributed by atoms with van der Waals surface area (Å²) in [6.07, 6.45) is 3.27. The number of nitrogens with one attached hydrogen (secondary N) is 3. The van der Waals surface area contributed by atoms with Crippen molar-refractivity contribution in [2.45, 2.75) is 90.4 Å². The number of nitro groups is 1. The zero-order valence-corrected chi connectivity index (χ0v) is 26.7. The van der Waals surface area contributed by atoms with Gasteiger partial charge in [0.2, 0.25) is 5.91 Å². The third-order valence-corrected chi connectivity index (χ3v) is 10.1. The molecule has 6 atom stereocenters. The molecule has 2 bridgehead atoms. The molecule has 4 fully saturated rings. The Labute approximate surface area is 264 Å². The van der Waals surface area contributed by atoms with Crippen LogP contribution in [0.2, 0.25) is 0 Å². The lowest BCUT2D eigenvalue weighted by Crippen LogP contribution is -2.65. The molecule has 6 rings (SSSR count). The van der Waals surface area contributed by atoms with Gasteiger partial charge >= 0.3 is 7.12 Å². The van der Waals surface area contributed by atoms with Crippen molar-refractivity contribution < 1.29 is 23.9 Å². The van der Waals surface area contributed by atoms with Crippen molar-refractivity contribution in [1.82, 2.24) is 16.1 Å². The highest BCUT2D eigenvalue weighted by Crippen LogP contribution is 2.65. The molecule has 2 aromatic carbocycles. The summed E-state index contributed by atoms with van der Waals surface area (Å²) < 4.78 is 13.2. The fourth-order valence-electron chi connectivity index (χ4n) is 7.57. The van der Waals surface area contributed by atoms with E-state index in [1.807, 2.05) is 30.3 Å². The number of aliphatic imine (C=N–C) groups is 1. The summed E-state index contributed by atoms with van der Waals surface area (Å²) >= 11 is 0. The third kappa shape index (κ3) is 6.94. The van der Waals surface area contributed by atoms with Gasteiger partial charge in [-0.15, -0.1) is 0 Å². The molecule has 13 heteroatoms. The van der Waals surface area contributed by atoms with Crippen molar-refractivity contribution >= 4 is 35.7 Å². The Morgan fingerprint density at radius 3 is 2.56 bits per heavy atom. The van der Waals surface area contributed by atoms with Gasteiger partial charge in [0, 0.05) is 12.1 Å². The van der Waals surface area contributed by atoms with Crippen molar-refractivity contribution in [1.29, 1.82) is 0 Å². The topological polar surface area (TPSA) is 170 Å². The van der Waals surface area contributed by atoms with E-state index in [1.54, 1.807) is 17.6 Å². The van der Waals surface area contributed by atoms with Crippen LogP contribution in [0, 0.1) is 33.3 Å². The molecule has 242 valence electrons. The number of hydrogen-bond acceptors (Lipinski definition) is 7. The van der Waals surface area contributed by atoms with Crippen LogP contribution >= 0.6 is 0 Å². The summed E-state index contributed by atoms with van der Waals surface area (Å²) in [6, 6.07) is 12.2. The SMILES string of the molecule is CC(C)C[C@H](NC(=O)[C@H](CCCN=C(N)N[N+](=O)[O-])NC(=O)c1ccc2ccccc2c1)B1O[C@@H]2C[C@H]3C[C@H](C3(C)C)[C@]2(C)O1. The molecule has 1 saturated heterocycles. The predicted octanol–water partition coefficient (Wildman–Crippen LogP) is 3.61. The van der Waals surface area contributed by atoms with Crippen molar-refractivity contribution in [3.63, 3.8) is 0 Å². The molecule has 1 aliphatic heterocycles. The smallest absolute Gasteiger partial charge is 0.404 e. The first-order chi connectivity index (χ1) is 21.3. The van der Waals surface area contributed by atoms with Gasteiger partial charge in [-0.3, -0.25) is 9.59 Å². The molecular weight excluding hydrogens is 575 g/mol. The molecule has 5 N–H and O–H groups in total. The number of nitrogens with two attached hydrogens (primary N) is 1. The van der Waals surface area contributed by atoms with Crippen LogP contribution in [0.1, 0.15) is 77.1 Å². The molecule has 0 radical (unpaired) electrons. The first-order valence-corrected chi connectivity index (χ1v) is 15.9. The van der Waals surface area contributed by atoms with Crippen molar-refractivity contribution in [2.75, 3.05) is 6.54 Å². The zero-order chi connectivity index (χ0) is 32.5. The molecule has 0 aromatic heterocycles. The largest absolute Gasteiger partial charge is 0.481 e. The van der Waals surface area contributed by atoms with Crippen LogP contribution in [0.15, 0.2) is 47.5 Å². The van der Waals surface area contributed by atoms with Crippen molar-refractivity contribution in [3.8, 4) is 0 Å². The number of amides is 2. The van der Waals surface area contributed by atoms with Crippen LogP contribution in [0.5, 0.6) is 0 Å². The summed E-state index contributed by atoms with van der Waals surface area (Å²) in [7, 11) is -0.601. The normalized spacial score (nSPS) is 26.5. The minimum Gasteiger partial charge on any atom is -0.404 e. The van der Waals surface area contributed by atoms with Crippen LogP contribution in [-0.2, 0) is 14.1 Å². The monoisotopic (exact) mass is 620 g/mol. The number of benzene rings is 2. The number of nitrogens with zero attached hydrogens (tertiary/aromatic N) is 2. The van der Waals surface area contributed by atoms with E-state index >= 15 is 0 Å². The van der Waals surface area contributed by atoms with Crippen LogP contribution in [0.25, 0.3) is 10.8 Å². The maximum atomic E-state index is 13.9. The van der Waals surface area contributed by atoms with Crippen LogP contribution in [-0.4, -0.2) is 60.2 Å². The van der Waals surface area contributed by atoms with Crippen molar-refractivity contribution in [2.24, 2.45) is 33.9 Å². The molecule has 45 heavy (non-hydrogen) atoms. The third-order valence-electron chi connectivity index (χ3n) is 10.1. The standard InChI is InChI=1S/C32H45BN6O6/c1-19(2)15-27(33-44-26-18-23-17-25(31(23,3)4)32(26,5)45-33)37-29(41)24(11-8-14-35-30(34)38-39(42)43)36-28(40)22-13-12-20-9-6-7-10-21(20)16-22/h6-7,9-10,12-13,16,19,23-27H,8,11,14-15,17-18H2,1-5H3,(H,36,40)(H,37,41)(H3,34,35,38)/t23-,24+,25-,26-,27+,32+/m1/s1. The molecule has 3 aliphatic carbocycles. The Hall–Kier alpha value is -3.71. The fraction of sp³-hybridized carbons (Fsp3) is 0.594. The molecule has 0 unspecified atom stereocenters.